The predicted octanol–water partition coefficient (Wildman–Crippen LogP) is 2.54. The van der Waals surface area contributed by atoms with Gasteiger partial charge >= 0.3 is 13.3 Å². The highest BCUT2D eigenvalue weighted by atomic mass is 31.2. The van der Waals surface area contributed by atoms with Crippen molar-refractivity contribution in [3.8, 4) is 0 Å². The van der Waals surface area contributed by atoms with Crippen LogP contribution in [0.2, 0.25) is 0 Å². The van der Waals surface area contributed by atoms with Crippen LogP contribution in [-0.4, -0.2) is 62.6 Å². The second-order valence-corrected chi connectivity index (χ2v) is 13.9. The molecule has 0 radical (unpaired) electrons. The van der Waals surface area contributed by atoms with Gasteiger partial charge in [0.1, 0.15) is 17.9 Å². The molecule has 5 aromatic rings. The molecule has 6 rings (SSSR count). The number of aliphatic hydroxyl groups is 1. The third kappa shape index (κ3) is 6.91. The van der Waals surface area contributed by atoms with Gasteiger partial charge in [-0.05, 0) is 25.0 Å². The number of rotatable bonds is 12. The Balaban J connectivity index is 1.23. The molecule has 3 aromatic heterocycles. The summed E-state index contributed by atoms with van der Waals surface area (Å²) >= 11 is 0. The fraction of sp³-hybridized carbons (Fsp3) is 0.387. The van der Waals surface area contributed by atoms with Crippen molar-refractivity contribution in [3.05, 3.63) is 111 Å². The van der Waals surface area contributed by atoms with Crippen molar-refractivity contribution in [1.82, 2.24) is 33.7 Å². The zero-order valence-electron chi connectivity index (χ0n) is 26.4. The van der Waals surface area contributed by atoms with Crippen LogP contribution in [0.1, 0.15) is 30.7 Å². The van der Waals surface area contributed by atoms with E-state index in [9.17, 15) is 19.3 Å². The first-order valence-corrected chi connectivity index (χ1v) is 16.6. The highest BCUT2D eigenvalue weighted by molar-refractivity contribution is 7.54. The number of fused-ring (bicyclic) bond motifs is 1. The van der Waals surface area contributed by atoms with Crippen molar-refractivity contribution in [2.24, 2.45) is 14.1 Å². The molecule has 1 aliphatic heterocycles. The highest BCUT2D eigenvalue weighted by Crippen LogP contribution is 2.56. The van der Waals surface area contributed by atoms with Crippen molar-refractivity contribution in [2.45, 2.75) is 64.0 Å². The van der Waals surface area contributed by atoms with Gasteiger partial charge in [0.25, 0.3) is 5.56 Å². The molecule has 0 spiro atoms. The monoisotopic (exact) mass is 665 g/mol. The minimum atomic E-state index is -4.24. The third-order valence-corrected chi connectivity index (χ3v) is 9.74. The van der Waals surface area contributed by atoms with Crippen molar-refractivity contribution in [2.75, 3.05) is 0 Å². The van der Waals surface area contributed by atoms with Crippen molar-refractivity contribution >= 4 is 18.8 Å². The number of hydrogen-bond acceptors (Lipinski definition) is 11. The van der Waals surface area contributed by atoms with Crippen LogP contribution in [0.3, 0.4) is 0 Å². The van der Waals surface area contributed by atoms with Crippen LogP contribution >= 0.6 is 7.60 Å². The van der Waals surface area contributed by atoms with Crippen LogP contribution in [0.25, 0.3) is 11.2 Å². The SMILES string of the molecule is Cn1cnc2c1c(=O)n(Cc1cn(C[C@@H]3OC(C)(C)O[C@H]3[C@@H](O)P(=O)(OCc3ccccc3)OCc3ccccc3)nn1)c(=O)n2C. The quantitative estimate of drug-likeness (QED) is 0.195. The molecule has 0 amide bonds. The highest BCUT2D eigenvalue weighted by Gasteiger charge is 2.52. The minimum absolute atomic E-state index is 0.0310. The van der Waals surface area contributed by atoms with Gasteiger partial charge in [-0.1, -0.05) is 65.9 Å². The van der Waals surface area contributed by atoms with Gasteiger partial charge in [-0.15, -0.1) is 5.10 Å². The average molecular weight is 666 g/mol. The number of aryl methyl sites for hydroxylation is 2. The summed E-state index contributed by atoms with van der Waals surface area (Å²) in [6.45, 7) is 3.11. The fourth-order valence-electron chi connectivity index (χ4n) is 5.49. The number of nitrogens with zero attached hydrogens (tertiary/aromatic N) is 7. The Kier molecular flexibility index (Phi) is 9.12. The summed E-state index contributed by atoms with van der Waals surface area (Å²) in [5.41, 5.74) is 1.34. The largest absolute Gasteiger partial charge is 0.378 e. The van der Waals surface area contributed by atoms with Gasteiger partial charge in [-0.25, -0.2) is 14.5 Å². The summed E-state index contributed by atoms with van der Waals surface area (Å²) < 4.78 is 43.6. The van der Waals surface area contributed by atoms with Crippen LogP contribution in [-0.2, 0) is 63.5 Å². The maximum absolute atomic E-state index is 14.3. The van der Waals surface area contributed by atoms with Gasteiger partial charge < -0.3 is 28.2 Å². The Hall–Kier alpha value is -4.24. The van der Waals surface area contributed by atoms with E-state index in [2.05, 4.69) is 15.3 Å². The van der Waals surface area contributed by atoms with Crippen LogP contribution in [0.15, 0.2) is 82.8 Å². The molecule has 2 aromatic carbocycles. The maximum Gasteiger partial charge on any atom is 0.362 e. The molecule has 0 bridgehead atoms. The molecule has 1 aliphatic rings. The topological polar surface area (TPSA) is 167 Å². The van der Waals surface area contributed by atoms with E-state index in [4.69, 9.17) is 18.5 Å². The lowest BCUT2D eigenvalue weighted by molar-refractivity contribution is -0.152. The molecule has 15 nitrogen and oxygen atoms in total. The Labute approximate surface area is 269 Å². The van der Waals surface area contributed by atoms with Gasteiger partial charge in [0.15, 0.2) is 22.8 Å². The average Bonchev–Trinajstić information content (AvgIpc) is 3.77. The first-order chi connectivity index (χ1) is 22.4. The van der Waals surface area contributed by atoms with Crippen LogP contribution in [0.5, 0.6) is 0 Å². The number of imidazole rings is 1. The first-order valence-electron chi connectivity index (χ1n) is 14.9. The van der Waals surface area contributed by atoms with Crippen LogP contribution in [0, 0.1) is 0 Å². The lowest BCUT2D eigenvalue weighted by atomic mass is 10.2. The zero-order chi connectivity index (χ0) is 33.3. The second kappa shape index (κ2) is 13.1. The number of aliphatic hydroxyl groups excluding tert-OH is 1. The van der Waals surface area contributed by atoms with Crippen LogP contribution < -0.4 is 11.2 Å². The summed E-state index contributed by atoms with van der Waals surface area (Å²) in [7, 11) is -1.02. The molecule has 4 heterocycles. The summed E-state index contributed by atoms with van der Waals surface area (Å²) in [5.74, 6) is -2.88. The first kappa shape index (κ1) is 32.7. The molecule has 1 fully saturated rings. The Morgan fingerprint density at radius 3 is 2.21 bits per heavy atom. The normalized spacial score (nSPS) is 18.6. The molecule has 47 heavy (non-hydrogen) atoms. The Bertz CT molecular complexity index is 1970. The molecule has 16 heteroatoms. The number of benzene rings is 2. The smallest absolute Gasteiger partial charge is 0.362 e. The van der Waals surface area contributed by atoms with Crippen molar-refractivity contribution in [1.29, 1.82) is 0 Å². The molecule has 0 saturated carbocycles. The van der Waals surface area contributed by atoms with Crippen LogP contribution in [0.4, 0.5) is 0 Å². The summed E-state index contributed by atoms with van der Waals surface area (Å²) in [6.07, 6.45) is 1.04. The molecule has 248 valence electrons. The summed E-state index contributed by atoms with van der Waals surface area (Å²) in [4.78, 5) is 30.3. The Morgan fingerprint density at radius 2 is 1.60 bits per heavy atom. The van der Waals surface area contributed by atoms with E-state index >= 15 is 0 Å². The molecule has 1 saturated heterocycles. The van der Waals surface area contributed by atoms with E-state index in [1.165, 1.54) is 15.6 Å². The number of aromatic nitrogens is 7. The zero-order valence-corrected chi connectivity index (χ0v) is 27.3. The van der Waals surface area contributed by atoms with E-state index < -0.39 is 42.7 Å². The number of hydrogen-bond donors (Lipinski definition) is 1. The van der Waals surface area contributed by atoms with E-state index in [-0.39, 0.29) is 37.5 Å². The lowest BCUT2D eigenvalue weighted by Gasteiger charge is -2.29. The van der Waals surface area contributed by atoms with Gasteiger partial charge in [0, 0.05) is 14.1 Å². The van der Waals surface area contributed by atoms with Gasteiger partial charge in [-0.3, -0.25) is 18.5 Å². The van der Waals surface area contributed by atoms with E-state index in [0.29, 0.717) is 5.69 Å². The maximum atomic E-state index is 14.3. The van der Waals surface area contributed by atoms with Crippen molar-refractivity contribution < 1.29 is 28.2 Å². The van der Waals surface area contributed by atoms with Gasteiger partial charge in [0.2, 0.25) is 0 Å². The summed E-state index contributed by atoms with van der Waals surface area (Å²) in [6, 6.07) is 18.3. The van der Waals surface area contributed by atoms with Crippen molar-refractivity contribution in [3.63, 3.8) is 0 Å². The fourth-order valence-corrected chi connectivity index (χ4v) is 7.14. The van der Waals surface area contributed by atoms with E-state index in [0.717, 1.165) is 15.7 Å². The predicted molar refractivity (Wildman–Crippen MR) is 169 cm³/mol. The lowest BCUT2D eigenvalue weighted by Crippen LogP contribution is -2.40. The third-order valence-electron chi connectivity index (χ3n) is 7.82. The molecule has 1 N–H and O–H groups in total. The standard InChI is InChI=1S/C31H36N7O8P/c1-31(2)45-24(17-37-15-23(33-34-37)16-38-28(39)25-27(32-20-35(25)3)36(4)30(38)41)26(46-31)29(40)47(42,43-18-21-11-7-5-8-12-21)44-19-22-13-9-6-10-14-22/h5-15,20,24,26,29,40H,16-19H2,1-4H3/t24-,26+,29-/m0/s1. The number of ether oxygens (including phenoxy) is 2. The van der Waals surface area contributed by atoms with Gasteiger partial charge in [-0.2, -0.15) is 0 Å². The molecule has 3 atom stereocenters. The molecule has 0 aliphatic carbocycles. The molecule has 0 unspecified atom stereocenters. The molecular weight excluding hydrogens is 629 g/mol. The molecular formula is C31H36N7O8P. The second-order valence-electron chi connectivity index (χ2n) is 11.8. The van der Waals surface area contributed by atoms with E-state index in [1.807, 2.05) is 60.7 Å². The van der Waals surface area contributed by atoms with Gasteiger partial charge in [0.05, 0.1) is 38.8 Å². The minimum Gasteiger partial charge on any atom is -0.378 e. The Morgan fingerprint density at radius 1 is 0.979 bits per heavy atom. The summed E-state index contributed by atoms with van der Waals surface area (Å²) in [5, 5.41) is 20.0. The van der Waals surface area contributed by atoms with E-state index in [1.54, 1.807) is 38.7 Å².